The molecule has 0 fully saturated rings. The maximum atomic E-state index is 12.3. The molecule has 1 aromatic heterocycles. The first-order valence-corrected chi connectivity index (χ1v) is 8.68. The van der Waals surface area contributed by atoms with Gasteiger partial charge in [0, 0.05) is 25.2 Å². The third kappa shape index (κ3) is 5.17. The van der Waals surface area contributed by atoms with Gasteiger partial charge in [-0.2, -0.15) is 0 Å². The van der Waals surface area contributed by atoms with Gasteiger partial charge in [-0.3, -0.25) is 4.79 Å². The van der Waals surface area contributed by atoms with Crippen molar-refractivity contribution in [1.29, 1.82) is 0 Å². The molecule has 1 N–H and O–H groups in total. The highest BCUT2D eigenvalue weighted by molar-refractivity contribution is 5.92. The second kappa shape index (κ2) is 9.61. The predicted octanol–water partition coefficient (Wildman–Crippen LogP) is 3.04. The minimum atomic E-state index is -0.248. The van der Waals surface area contributed by atoms with E-state index in [-0.39, 0.29) is 5.91 Å². The molecule has 1 amide bonds. The molecule has 0 saturated carbocycles. The Balaban J connectivity index is 2.00. The third-order valence-corrected chi connectivity index (χ3v) is 3.83. The van der Waals surface area contributed by atoms with E-state index in [0.29, 0.717) is 12.2 Å². The van der Waals surface area contributed by atoms with Gasteiger partial charge in [-0.1, -0.05) is 32.0 Å². The van der Waals surface area contributed by atoms with Crippen molar-refractivity contribution in [2.45, 2.75) is 33.2 Å². The largest absolute Gasteiger partial charge is 0.496 e. The normalized spacial score (nSPS) is 10.4. The molecule has 0 aliphatic heterocycles. The van der Waals surface area contributed by atoms with E-state index in [9.17, 15) is 4.79 Å². The number of aromatic nitrogens is 2. The van der Waals surface area contributed by atoms with Gasteiger partial charge in [-0.05, 0) is 31.0 Å². The molecular weight excluding hydrogens is 316 g/mol. The molecule has 134 valence electrons. The number of rotatable bonds is 9. The summed E-state index contributed by atoms with van der Waals surface area (Å²) in [6, 6.07) is 11.2. The van der Waals surface area contributed by atoms with Crippen molar-refractivity contribution in [3.8, 4) is 5.75 Å². The number of amides is 1. The van der Waals surface area contributed by atoms with Crippen molar-refractivity contribution < 1.29 is 9.53 Å². The minimum Gasteiger partial charge on any atom is -0.496 e. The van der Waals surface area contributed by atoms with E-state index in [1.807, 2.05) is 30.3 Å². The van der Waals surface area contributed by atoms with E-state index < -0.39 is 0 Å². The van der Waals surface area contributed by atoms with Crippen molar-refractivity contribution in [2.24, 2.45) is 0 Å². The standard InChI is InChI=1S/C19H26N4O2/c1-4-12-23(13-5-2)18-11-10-16(21-22-18)19(24)20-14-15-8-6-7-9-17(15)25-3/h6-11H,4-5,12-14H2,1-3H3,(H,20,24). The van der Waals surface area contributed by atoms with Crippen LogP contribution in [0, 0.1) is 0 Å². The van der Waals surface area contributed by atoms with Crippen LogP contribution in [0.1, 0.15) is 42.7 Å². The summed E-state index contributed by atoms with van der Waals surface area (Å²) >= 11 is 0. The van der Waals surface area contributed by atoms with Crippen LogP contribution in [0.25, 0.3) is 0 Å². The van der Waals surface area contributed by atoms with Gasteiger partial charge in [0.1, 0.15) is 5.75 Å². The van der Waals surface area contributed by atoms with Gasteiger partial charge in [-0.25, -0.2) is 0 Å². The van der Waals surface area contributed by atoms with Crippen molar-refractivity contribution in [3.63, 3.8) is 0 Å². The Labute approximate surface area is 149 Å². The van der Waals surface area contributed by atoms with Crippen molar-refractivity contribution in [3.05, 3.63) is 47.7 Å². The number of hydrogen-bond acceptors (Lipinski definition) is 5. The molecule has 0 unspecified atom stereocenters. The van der Waals surface area contributed by atoms with Crippen LogP contribution in [0.2, 0.25) is 0 Å². The summed E-state index contributed by atoms with van der Waals surface area (Å²) in [5.41, 5.74) is 1.23. The fourth-order valence-electron chi connectivity index (χ4n) is 2.61. The second-order valence-corrected chi connectivity index (χ2v) is 5.76. The molecule has 0 bridgehead atoms. The number of ether oxygens (including phenoxy) is 1. The van der Waals surface area contributed by atoms with Crippen molar-refractivity contribution in [1.82, 2.24) is 15.5 Å². The number of nitrogens with one attached hydrogen (secondary N) is 1. The lowest BCUT2D eigenvalue weighted by Crippen LogP contribution is -2.27. The Bertz CT molecular complexity index is 667. The summed E-state index contributed by atoms with van der Waals surface area (Å²) in [5.74, 6) is 1.31. The number of carbonyl (C=O) groups excluding carboxylic acids is 1. The lowest BCUT2D eigenvalue weighted by molar-refractivity contribution is 0.0944. The van der Waals surface area contributed by atoms with Crippen LogP contribution < -0.4 is 15.0 Å². The quantitative estimate of drug-likeness (QED) is 0.759. The fraction of sp³-hybridized carbons (Fsp3) is 0.421. The highest BCUT2D eigenvalue weighted by Crippen LogP contribution is 2.17. The SMILES string of the molecule is CCCN(CCC)c1ccc(C(=O)NCc2ccccc2OC)nn1. The highest BCUT2D eigenvalue weighted by atomic mass is 16.5. The molecule has 2 aromatic rings. The monoisotopic (exact) mass is 342 g/mol. The molecule has 0 atom stereocenters. The maximum absolute atomic E-state index is 12.3. The topological polar surface area (TPSA) is 67.4 Å². The number of methoxy groups -OCH3 is 1. The number of nitrogens with zero attached hydrogens (tertiary/aromatic N) is 3. The van der Waals surface area contributed by atoms with E-state index in [1.54, 1.807) is 13.2 Å². The summed E-state index contributed by atoms with van der Waals surface area (Å²) < 4.78 is 5.29. The average Bonchev–Trinajstić information content (AvgIpc) is 2.66. The van der Waals surface area contributed by atoms with Crippen LogP contribution in [-0.2, 0) is 6.54 Å². The van der Waals surface area contributed by atoms with E-state index in [2.05, 4.69) is 34.3 Å². The Kier molecular flexibility index (Phi) is 7.19. The fourth-order valence-corrected chi connectivity index (χ4v) is 2.61. The van der Waals surface area contributed by atoms with Gasteiger partial charge in [0.25, 0.3) is 5.91 Å². The minimum absolute atomic E-state index is 0.248. The van der Waals surface area contributed by atoms with Gasteiger partial charge in [0.05, 0.1) is 7.11 Å². The molecular formula is C19H26N4O2. The van der Waals surface area contributed by atoms with Gasteiger partial charge in [0.15, 0.2) is 11.5 Å². The summed E-state index contributed by atoms with van der Waals surface area (Å²) in [4.78, 5) is 14.5. The first-order chi connectivity index (χ1) is 12.2. The predicted molar refractivity (Wildman–Crippen MR) is 99.0 cm³/mol. The van der Waals surface area contributed by atoms with E-state index in [0.717, 1.165) is 43.1 Å². The third-order valence-electron chi connectivity index (χ3n) is 3.83. The van der Waals surface area contributed by atoms with Gasteiger partial charge in [0.2, 0.25) is 0 Å². The number of anilines is 1. The first kappa shape index (κ1) is 18.7. The van der Waals surface area contributed by atoms with E-state index in [4.69, 9.17) is 4.74 Å². The van der Waals surface area contributed by atoms with Gasteiger partial charge in [-0.15, -0.1) is 10.2 Å². The smallest absolute Gasteiger partial charge is 0.272 e. The molecule has 0 saturated heterocycles. The molecule has 2 rings (SSSR count). The molecule has 6 nitrogen and oxygen atoms in total. The van der Waals surface area contributed by atoms with Crippen molar-refractivity contribution in [2.75, 3.05) is 25.1 Å². The van der Waals surface area contributed by atoms with Crippen LogP contribution in [0.15, 0.2) is 36.4 Å². The molecule has 1 aromatic carbocycles. The zero-order valence-electron chi connectivity index (χ0n) is 15.2. The molecule has 1 heterocycles. The zero-order valence-corrected chi connectivity index (χ0v) is 15.2. The van der Waals surface area contributed by atoms with Crippen LogP contribution in [-0.4, -0.2) is 36.3 Å². The lowest BCUT2D eigenvalue weighted by atomic mass is 10.2. The van der Waals surface area contributed by atoms with Crippen molar-refractivity contribution >= 4 is 11.7 Å². The van der Waals surface area contributed by atoms with E-state index in [1.165, 1.54) is 0 Å². The lowest BCUT2D eigenvalue weighted by Gasteiger charge is -2.21. The molecule has 0 aliphatic carbocycles. The highest BCUT2D eigenvalue weighted by Gasteiger charge is 2.12. The van der Waals surface area contributed by atoms with Gasteiger partial charge >= 0.3 is 0 Å². The average molecular weight is 342 g/mol. The van der Waals surface area contributed by atoms with Crippen LogP contribution in [0.4, 0.5) is 5.82 Å². The number of para-hydroxylation sites is 1. The molecule has 0 aliphatic rings. The summed E-state index contributed by atoms with van der Waals surface area (Å²) in [6.07, 6.45) is 2.09. The summed E-state index contributed by atoms with van der Waals surface area (Å²) in [5, 5.41) is 11.2. The molecule has 25 heavy (non-hydrogen) atoms. The summed E-state index contributed by atoms with van der Waals surface area (Å²) in [7, 11) is 1.61. The molecule has 0 radical (unpaired) electrons. The summed E-state index contributed by atoms with van der Waals surface area (Å²) in [6.45, 7) is 6.51. The van der Waals surface area contributed by atoms with Gasteiger partial charge < -0.3 is 15.0 Å². The van der Waals surface area contributed by atoms with Crippen LogP contribution in [0.5, 0.6) is 5.75 Å². The van der Waals surface area contributed by atoms with E-state index >= 15 is 0 Å². The Morgan fingerprint density at radius 3 is 2.40 bits per heavy atom. The molecule has 0 spiro atoms. The second-order valence-electron chi connectivity index (χ2n) is 5.76. The van der Waals surface area contributed by atoms with Crippen LogP contribution in [0.3, 0.4) is 0 Å². The number of hydrogen-bond donors (Lipinski definition) is 1. The molecule has 6 heteroatoms. The Hall–Kier alpha value is -2.63. The number of benzene rings is 1. The Morgan fingerprint density at radius 1 is 1.08 bits per heavy atom. The van der Waals surface area contributed by atoms with Crippen LogP contribution >= 0.6 is 0 Å². The zero-order chi connectivity index (χ0) is 18.1. The Morgan fingerprint density at radius 2 is 1.80 bits per heavy atom. The first-order valence-electron chi connectivity index (χ1n) is 8.68. The maximum Gasteiger partial charge on any atom is 0.272 e. The number of carbonyl (C=O) groups is 1.